The molecule has 0 aliphatic carbocycles. The number of sulfonamides is 1. The number of ether oxygens (including phenoxy) is 1. The second kappa shape index (κ2) is 9.67. The fourth-order valence-electron chi connectivity index (χ4n) is 3.25. The zero-order chi connectivity index (χ0) is 22.6. The molecule has 0 spiro atoms. The maximum absolute atomic E-state index is 12.9. The number of rotatable bonds is 6. The van der Waals surface area contributed by atoms with Crippen molar-refractivity contribution >= 4 is 44.9 Å². The molecule has 166 valence electrons. The molecule has 0 atom stereocenters. The van der Waals surface area contributed by atoms with Crippen LogP contribution in [-0.4, -0.2) is 44.3 Å². The van der Waals surface area contributed by atoms with Crippen molar-refractivity contribution < 1.29 is 22.7 Å². The molecule has 1 aliphatic heterocycles. The highest BCUT2D eigenvalue weighted by Crippen LogP contribution is 2.25. The van der Waals surface area contributed by atoms with Crippen LogP contribution in [0.4, 0.5) is 11.4 Å². The molecule has 10 heteroatoms. The molecule has 0 unspecified atom stereocenters. The van der Waals surface area contributed by atoms with Gasteiger partial charge in [0.2, 0.25) is 10.0 Å². The minimum atomic E-state index is -3.64. The van der Waals surface area contributed by atoms with E-state index in [9.17, 15) is 18.0 Å². The van der Waals surface area contributed by atoms with E-state index in [0.29, 0.717) is 29.4 Å². The minimum absolute atomic E-state index is 0.0612. The van der Waals surface area contributed by atoms with Crippen molar-refractivity contribution in [2.75, 3.05) is 30.7 Å². The van der Waals surface area contributed by atoms with Crippen molar-refractivity contribution in [3.63, 3.8) is 0 Å². The highest BCUT2D eigenvalue weighted by atomic mass is 35.5. The SMILES string of the molecule is Cc1ccc(S(=O)(=O)N2CCCCC2)cc1NC(=O)COC(=O)c1cc(Cl)ccc1N. The average Bonchev–Trinajstić information content (AvgIpc) is 2.75. The summed E-state index contributed by atoms with van der Waals surface area (Å²) in [5.41, 5.74) is 6.99. The third kappa shape index (κ3) is 5.55. The zero-order valence-electron chi connectivity index (χ0n) is 17.1. The molecule has 0 aromatic heterocycles. The second-order valence-corrected chi connectivity index (χ2v) is 9.67. The first-order valence-electron chi connectivity index (χ1n) is 9.81. The number of nitrogen functional groups attached to an aromatic ring is 1. The van der Waals surface area contributed by atoms with Gasteiger partial charge in [0.25, 0.3) is 5.91 Å². The highest BCUT2D eigenvalue weighted by molar-refractivity contribution is 7.89. The smallest absolute Gasteiger partial charge is 0.340 e. The van der Waals surface area contributed by atoms with Gasteiger partial charge in [-0.3, -0.25) is 4.79 Å². The van der Waals surface area contributed by atoms with Gasteiger partial charge in [0.1, 0.15) is 0 Å². The normalized spacial score (nSPS) is 14.8. The van der Waals surface area contributed by atoms with E-state index in [0.717, 1.165) is 19.3 Å². The first-order valence-corrected chi connectivity index (χ1v) is 11.6. The van der Waals surface area contributed by atoms with Crippen LogP contribution in [0, 0.1) is 6.92 Å². The van der Waals surface area contributed by atoms with Gasteiger partial charge in [-0.25, -0.2) is 13.2 Å². The Kier molecular flexibility index (Phi) is 7.19. The van der Waals surface area contributed by atoms with E-state index in [4.69, 9.17) is 22.1 Å². The number of benzene rings is 2. The van der Waals surface area contributed by atoms with Crippen LogP contribution in [0.1, 0.15) is 35.2 Å². The fourth-order valence-corrected chi connectivity index (χ4v) is 4.97. The van der Waals surface area contributed by atoms with Crippen LogP contribution in [0.25, 0.3) is 0 Å². The Labute approximate surface area is 186 Å². The Morgan fingerprint density at radius 3 is 2.55 bits per heavy atom. The number of carbonyl (C=O) groups is 2. The van der Waals surface area contributed by atoms with Gasteiger partial charge < -0.3 is 15.8 Å². The van der Waals surface area contributed by atoms with Crippen LogP contribution in [-0.2, 0) is 19.6 Å². The molecule has 3 rings (SSSR count). The Balaban J connectivity index is 1.68. The summed E-state index contributed by atoms with van der Waals surface area (Å²) in [6.07, 6.45) is 2.68. The third-order valence-corrected chi connectivity index (χ3v) is 7.14. The summed E-state index contributed by atoms with van der Waals surface area (Å²) in [7, 11) is -3.64. The number of nitrogens with zero attached hydrogens (tertiary/aromatic N) is 1. The number of piperidine rings is 1. The molecule has 8 nitrogen and oxygen atoms in total. The van der Waals surface area contributed by atoms with E-state index in [1.807, 2.05) is 0 Å². The second-order valence-electron chi connectivity index (χ2n) is 7.30. The summed E-state index contributed by atoms with van der Waals surface area (Å²) in [6.45, 7) is 2.15. The van der Waals surface area contributed by atoms with Crippen molar-refractivity contribution in [1.29, 1.82) is 0 Å². The van der Waals surface area contributed by atoms with Gasteiger partial charge in [-0.05, 0) is 55.7 Å². The molecule has 0 bridgehead atoms. The molecular formula is C21H24ClN3O5S. The van der Waals surface area contributed by atoms with E-state index in [2.05, 4.69) is 5.32 Å². The maximum atomic E-state index is 12.9. The van der Waals surface area contributed by atoms with Crippen LogP contribution >= 0.6 is 11.6 Å². The summed E-state index contributed by atoms with van der Waals surface area (Å²) in [6, 6.07) is 8.94. The fraction of sp³-hybridized carbons (Fsp3) is 0.333. The number of esters is 1. The molecule has 1 fully saturated rings. The van der Waals surface area contributed by atoms with Crippen molar-refractivity contribution in [2.24, 2.45) is 0 Å². The molecule has 1 heterocycles. The largest absolute Gasteiger partial charge is 0.452 e. The molecule has 1 saturated heterocycles. The Bertz CT molecular complexity index is 1100. The number of carbonyl (C=O) groups excluding carboxylic acids is 2. The third-order valence-electron chi connectivity index (χ3n) is 5.01. The van der Waals surface area contributed by atoms with Gasteiger partial charge in [0, 0.05) is 29.5 Å². The number of hydrogen-bond acceptors (Lipinski definition) is 6. The topological polar surface area (TPSA) is 119 Å². The molecule has 1 amide bonds. The lowest BCUT2D eigenvalue weighted by Crippen LogP contribution is -2.35. The van der Waals surface area contributed by atoms with Gasteiger partial charge in [-0.1, -0.05) is 24.1 Å². The predicted octanol–water partition coefficient (Wildman–Crippen LogP) is 3.20. The predicted molar refractivity (Wildman–Crippen MR) is 119 cm³/mol. The summed E-state index contributed by atoms with van der Waals surface area (Å²) in [4.78, 5) is 24.6. The van der Waals surface area contributed by atoms with Crippen LogP contribution < -0.4 is 11.1 Å². The number of aryl methyl sites for hydroxylation is 1. The first kappa shape index (κ1) is 23.1. The molecule has 0 radical (unpaired) electrons. The van der Waals surface area contributed by atoms with Crippen LogP contribution in [0.15, 0.2) is 41.3 Å². The average molecular weight is 466 g/mol. The van der Waals surface area contributed by atoms with Gasteiger partial charge in [0.15, 0.2) is 6.61 Å². The number of nitrogens with two attached hydrogens (primary N) is 1. The van der Waals surface area contributed by atoms with Gasteiger partial charge >= 0.3 is 5.97 Å². The Hall–Kier alpha value is -2.62. The number of anilines is 2. The summed E-state index contributed by atoms with van der Waals surface area (Å²) >= 11 is 5.86. The van der Waals surface area contributed by atoms with Crippen molar-refractivity contribution in [3.8, 4) is 0 Å². The van der Waals surface area contributed by atoms with Crippen molar-refractivity contribution in [1.82, 2.24) is 4.31 Å². The van der Waals surface area contributed by atoms with Gasteiger partial charge in [-0.2, -0.15) is 4.31 Å². The number of amides is 1. The van der Waals surface area contributed by atoms with Crippen LogP contribution in [0.2, 0.25) is 5.02 Å². The summed E-state index contributed by atoms with van der Waals surface area (Å²) in [5.74, 6) is -1.39. The Morgan fingerprint density at radius 2 is 1.84 bits per heavy atom. The standard InChI is InChI=1S/C21H24ClN3O5S/c1-14-5-7-16(31(28,29)25-9-3-2-4-10-25)12-19(14)24-20(26)13-30-21(27)17-11-15(22)6-8-18(17)23/h5-8,11-12H,2-4,9-10,13,23H2,1H3,(H,24,26). The first-order chi connectivity index (χ1) is 14.7. The number of hydrogen-bond donors (Lipinski definition) is 2. The molecular weight excluding hydrogens is 442 g/mol. The van der Waals surface area contributed by atoms with Crippen LogP contribution in [0.3, 0.4) is 0 Å². The molecule has 3 N–H and O–H groups in total. The highest BCUT2D eigenvalue weighted by Gasteiger charge is 2.26. The van der Waals surface area contributed by atoms with E-state index < -0.39 is 28.5 Å². The lowest BCUT2D eigenvalue weighted by atomic mass is 10.2. The lowest BCUT2D eigenvalue weighted by Gasteiger charge is -2.26. The molecule has 1 aliphatic rings. The van der Waals surface area contributed by atoms with E-state index in [1.165, 1.54) is 34.6 Å². The number of halogens is 1. The van der Waals surface area contributed by atoms with Crippen molar-refractivity contribution in [2.45, 2.75) is 31.1 Å². The number of nitrogens with one attached hydrogen (secondary N) is 1. The Morgan fingerprint density at radius 1 is 1.13 bits per heavy atom. The molecule has 2 aromatic rings. The minimum Gasteiger partial charge on any atom is -0.452 e. The van der Waals surface area contributed by atoms with E-state index >= 15 is 0 Å². The quantitative estimate of drug-likeness (QED) is 0.499. The van der Waals surface area contributed by atoms with E-state index in [-0.39, 0.29) is 16.1 Å². The van der Waals surface area contributed by atoms with Crippen molar-refractivity contribution in [3.05, 3.63) is 52.5 Å². The summed E-state index contributed by atoms with van der Waals surface area (Å²) in [5, 5.41) is 2.91. The molecule has 31 heavy (non-hydrogen) atoms. The van der Waals surface area contributed by atoms with Gasteiger partial charge in [0.05, 0.1) is 10.5 Å². The zero-order valence-corrected chi connectivity index (χ0v) is 18.6. The van der Waals surface area contributed by atoms with Gasteiger partial charge in [-0.15, -0.1) is 0 Å². The molecule has 0 saturated carbocycles. The summed E-state index contributed by atoms with van der Waals surface area (Å²) < 4.78 is 32.3. The molecule has 2 aromatic carbocycles. The van der Waals surface area contributed by atoms with E-state index in [1.54, 1.807) is 13.0 Å². The van der Waals surface area contributed by atoms with Crippen LogP contribution in [0.5, 0.6) is 0 Å². The maximum Gasteiger partial charge on any atom is 0.340 e. The lowest BCUT2D eigenvalue weighted by molar-refractivity contribution is -0.119. The monoisotopic (exact) mass is 465 g/mol.